The van der Waals surface area contributed by atoms with E-state index < -0.39 is 42.3 Å². The average Bonchev–Trinajstić information content (AvgIpc) is 2.56. The summed E-state index contributed by atoms with van der Waals surface area (Å²) in [5, 5.41) is 17.9. The zero-order chi connectivity index (χ0) is 12.6. The second-order valence-corrected chi connectivity index (χ2v) is 4.24. The first-order valence-electron chi connectivity index (χ1n) is 5.43. The van der Waals surface area contributed by atoms with E-state index in [1.54, 1.807) is 0 Å². The van der Waals surface area contributed by atoms with Crippen LogP contribution in [0.3, 0.4) is 0 Å². The van der Waals surface area contributed by atoms with Gasteiger partial charge < -0.3 is 10.2 Å². The highest BCUT2D eigenvalue weighted by Gasteiger charge is 2.51. The van der Waals surface area contributed by atoms with Crippen LogP contribution in [0.1, 0.15) is 12.8 Å². The van der Waals surface area contributed by atoms with Crippen LogP contribution in [-0.2, 0) is 14.4 Å². The number of carboxylic acids is 1. The van der Waals surface area contributed by atoms with Crippen LogP contribution in [0.2, 0.25) is 0 Å². The standard InChI is InChI=1S/C11H13NO5/c13-5-8(11(16)17)12-9(14)6-3-1-2-4-7(6)10(12)15/h1-2,6-8,13H,3-5H2,(H,16,17)/t6-,7+,8?. The first-order valence-corrected chi connectivity index (χ1v) is 5.43. The van der Waals surface area contributed by atoms with Crippen molar-refractivity contribution in [2.24, 2.45) is 11.8 Å². The Morgan fingerprint density at radius 1 is 1.29 bits per heavy atom. The summed E-state index contributed by atoms with van der Waals surface area (Å²) in [6.07, 6.45) is 4.57. The third-order valence-corrected chi connectivity index (χ3v) is 3.31. The molecule has 6 heteroatoms. The third-order valence-electron chi connectivity index (χ3n) is 3.31. The third kappa shape index (κ3) is 1.74. The van der Waals surface area contributed by atoms with Crippen molar-refractivity contribution in [3.05, 3.63) is 12.2 Å². The van der Waals surface area contributed by atoms with E-state index in [2.05, 4.69) is 0 Å². The molecule has 17 heavy (non-hydrogen) atoms. The van der Waals surface area contributed by atoms with Gasteiger partial charge in [-0.15, -0.1) is 0 Å². The minimum absolute atomic E-state index is 0.458. The van der Waals surface area contributed by atoms with Gasteiger partial charge in [0.15, 0.2) is 6.04 Å². The number of imide groups is 1. The topological polar surface area (TPSA) is 94.9 Å². The average molecular weight is 239 g/mol. The van der Waals surface area contributed by atoms with E-state index in [1.165, 1.54) is 0 Å². The largest absolute Gasteiger partial charge is 0.480 e. The van der Waals surface area contributed by atoms with Gasteiger partial charge in [-0.05, 0) is 12.8 Å². The number of carbonyl (C=O) groups is 3. The predicted octanol–water partition coefficient (Wildman–Crippen LogP) is -0.617. The molecule has 1 aliphatic carbocycles. The molecule has 92 valence electrons. The number of carbonyl (C=O) groups excluding carboxylic acids is 2. The molecule has 1 saturated heterocycles. The van der Waals surface area contributed by atoms with Gasteiger partial charge in [0.2, 0.25) is 11.8 Å². The lowest BCUT2D eigenvalue weighted by Gasteiger charge is -2.20. The number of fused-ring (bicyclic) bond motifs is 1. The number of likely N-dealkylation sites (tertiary alicyclic amines) is 1. The lowest BCUT2D eigenvalue weighted by Crippen LogP contribution is -2.47. The van der Waals surface area contributed by atoms with Crippen molar-refractivity contribution in [3.8, 4) is 0 Å². The number of rotatable bonds is 3. The van der Waals surface area contributed by atoms with Crippen molar-refractivity contribution in [3.63, 3.8) is 0 Å². The van der Waals surface area contributed by atoms with Gasteiger partial charge >= 0.3 is 5.97 Å². The first kappa shape index (κ1) is 11.8. The molecule has 2 amide bonds. The Labute approximate surface area is 97.5 Å². The van der Waals surface area contributed by atoms with E-state index >= 15 is 0 Å². The van der Waals surface area contributed by atoms with Crippen LogP contribution in [0.15, 0.2) is 12.2 Å². The number of aliphatic hydroxyl groups is 1. The number of amides is 2. The first-order chi connectivity index (χ1) is 8.07. The molecule has 1 unspecified atom stereocenters. The van der Waals surface area contributed by atoms with E-state index in [0.29, 0.717) is 17.7 Å². The number of carboxylic acid groups (broad SMARTS) is 1. The van der Waals surface area contributed by atoms with Gasteiger partial charge in [-0.1, -0.05) is 12.2 Å². The monoisotopic (exact) mass is 239 g/mol. The van der Waals surface area contributed by atoms with Crippen LogP contribution < -0.4 is 0 Å². The molecule has 1 aliphatic heterocycles. The minimum atomic E-state index is -1.46. The van der Waals surface area contributed by atoms with Crippen molar-refractivity contribution in [1.29, 1.82) is 0 Å². The molecular weight excluding hydrogens is 226 g/mol. The summed E-state index contributed by atoms with van der Waals surface area (Å²) in [4.78, 5) is 35.5. The summed E-state index contributed by atoms with van der Waals surface area (Å²) in [5.41, 5.74) is 0. The number of nitrogens with zero attached hydrogens (tertiary/aromatic N) is 1. The number of aliphatic hydroxyl groups excluding tert-OH is 1. The van der Waals surface area contributed by atoms with Crippen LogP contribution >= 0.6 is 0 Å². The van der Waals surface area contributed by atoms with Gasteiger partial charge in [-0.2, -0.15) is 0 Å². The Bertz CT molecular complexity index is 377. The smallest absolute Gasteiger partial charge is 0.329 e. The molecule has 0 spiro atoms. The Kier molecular flexibility index (Phi) is 2.97. The minimum Gasteiger partial charge on any atom is -0.480 e. The van der Waals surface area contributed by atoms with Gasteiger partial charge in [0.1, 0.15) is 0 Å². The van der Waals surface area contributed by atoms with E-state index in [-0.39, 0.29) is 0 Å². The number of allylic oxidation sites excluding steroid dienone is 2. The quantitative estimate of drug-likeness (QED) is 0.505. The van der Waals surface area contributed by atoms with Gasteiger partial charge in [-0.25, -0.2) is 4.79 Å². The molecule has 0 radical (unpaired) electrons. The number of aliphatic carboxylic acids is 1. The second-order valence-electron chi connectivity index (χ2n) is 4.24. The zero-order valence-corrected chi connectivity index (χ0v) is 9.07. The van der Waals surface area contributed by atoms with Crippen molar-refractivity contribution in [2.75, 3.05) is 6.61 Å². The highest BCUT2D eigenvalue weighted by Crippen LogP contribution is 2.35. The van der Waals surface area contributed by atoms with Crippen LogP contribution in [0.5, 0.6) is 0 Å². The summed E-state index contributed by atoms with van der Waals surface area (Å²) in [7, 11) is 0. The molecule has 0 aromatic carbocycles. The highest BCUT2D eigenvalue weighted by molar-refractivity contribution is 6.08. The molecule has 1 heterocycles. The Morgan fingerprint density at radius 3 is 2.12 bits per heavy atom. The van der Waals surface area contributed by atoms with Gasteiger partial charge in [0.05, 0.1) is 18.4 Å². The maximum Gasteiger partial charge on any atom is 0.329 e. The van der Waals surface area contributed by atoms with Crippen LogP contribution in [0, 0.1) is 11.8 Å². The molecular formula is C11H13NO5. The van der Waals surface area contributed by atoms with Crippen LogP contribution in [-0.4, -0.2) is 45.5 Å². The molecule has 2 aliphatic rings. The summed E-state index contributed by atoms with van der Waals surface area (Å²) < 4.78 is 0. The molecule has 0 saturated carbocycles. The summed E-state index contributed by atoms with van der Waals surface area (Å²) >= 11 is 0. The molecule has 2 N–H and O–H groups in total. The molecule has 6 nitrogen and oxygen atoms in total. The fourth-order valence-electron chi connectivity index (χ4n) is 2.40. The Balaban J connectivity index is 2.28. The number of hydrogen-bond donors (Lipinski definition) is 2. The SMILES string of the molecule is O=C(O)C(CO)N1C(=O)[C@H]2CC=CC[C@H]2C1=O. The lowest BCUT2D eigenvalue weighted by molar-refractivity contribution is -0.156. The van der Waals surface area contributed by atoms with Crippen molar-refractivity contribution in [1.82, 2.24) is 4.90 Å². The van der Waals surface area contributed by atoms with Gasteiger partial charge in [0, 0.05) is 0 Å². The number of hydrogen-bond acceptors (Lipinski definition) is 4. The van der Waals surface area contributed by atoms with E-state index in [1.807, 2.05) is 12.2 Å². The maximum absolute atomic E-state index is 12.0. The fourth-order valence-corrected chi connectivity index (χ4v) is 2.40. The molecule has 2 rings (SSSR count). The lowest BCUT2D eigenvalue weighted by atomic mass is 9.85. The van der Waals surface area contributed by atoms with Crippen molar-refractivity contribution < 1.29 is 24.6 Å². The summed E-state index contributed by atoms with van der Waals surface area (Å²) in [6.45, 7) is -0.750. The fraction of sp³-hybridized carbons (Fsp3) is 0.545. The summed E-state index contributed by atoms with van der Waals surface area (Å²) in [5.74, 6) is -3.24. The van der Waals surface area contributed by atoms with Gasteiger partial charge in [0.25, 0.3) is 0 Å². The normalized spacial score (nSPS) is 29.4. The Morgan fingerprint density at radius 2 is 1.76 bits per heavy atom. The molecule has 3 atom stereocenters. The van der Waals surface area contributed by atoms with Crippen LogP contribution in [0.4, 0.5) is 0 Å². The van der Waals surface area contributed by atoms with E-state index in [0.717, 1.165) is 0 Å². The second kappa shape index (κ2) is 4.29. The molecule has 0 aromatic heterocycles. The Hall–Kier alpha value is -1.69. The van der Waals surface area contributed by atoms with Crippen molar-refractivity contribution in [2.45, 2.75) is 18.9 Å². The molecule has 1 fully saturated rings. The highest BCUT2D eigenvalue weighted by atomic mass is 16.4. The van der Waals surface area contributed by atoms with Crippen molar-refractivity contribution >= 4 is 17.8 Å². The molecule has 0 aromatic rings. The van der Waals surface area contributed by atoms with E-state index in [9.17, 15) is 14.4 Å². The molecule has 0 bridgehead atoms. The summed E-state index contributed by atoms with van der Waals surface area (Å²) in [6, 6.07) is -1.46. The predicted molar refractivity (Wildman–Crippen MR) is 55.7 cm³/mol. The maximum atomic E-state index is 12.0. The van der Waals surface area contributed by atoms with E-state index in [4.69, 9.17) is 10.2 Å². The van der Waals surface area contributed by atoms with Crippen LogP contribution in [0.25, 0.3) is 0 Å². The van der Waals surface area contributed by atoms with Gasteiger partial charge in [-0.3, -0.25) is 14.5 Å². The zero-order valence-electron chi connectivity index (χ0n) is 9.07.